The molecule has 0 saturated carbocycles. The molecule has 0 bridgehead atoms. The van der Waals surface area contributed by atoms with E-state index >= 15 is 0 Å². The van der Waals surface area contributed by atoms with Crippen LogP contribution in [0, 0.1) is 5.92 Å². The van der Waals surface area contributed by atoms with Crippen LogP contribution in [0.3, 0.4) is 0 Å². The first-order chi connectivity index (χ1) is 6.09. The highest BCUT2D eigenvalue weighted by molar-refractivity contribution is 4.80. The molecule has 1 rings (SSSR count). The van der Waals surface area contributed by atoms with E-state index in [0.29, 0.717) is 6.04 Å². The van der Waals surface area contributed by atoms with Crippen molar-refractivity contribution in [2.75, 3.05) is 13.1 Å². The molecule has 2 N–H and O–H groups in total. The maximum Gasteiger partial charge on any atom is 0.0168 e. The predicted octanol–water partition coefficient (Wildman–Crippen LogP) is 1.84. The Morgan fingerprint density at radius 1 is 1.38 bits per heavy atom. The average Bonchev–Trinajstić information content (AvgIpc) is 2.06. The Morgan fingerprint density at radius 2 is 2.08 bits per heavy atom. The van der Waals surface area contributed by atoms with Gasteiger partial charge < -0.3 is 5.73 Å². The second-order valence-corrected chi connectivity index (χ2v) is 4.86. The van der Waals surface area contributed by atoms with E-state index in [9.17, 15) is 0 Å². The molecule has 1 heterocycles. The van der Waals surface area contributed by atoms with E-state index in [-0.39, 0.29) is 0 Å². The average molecular weight is 184 g/mol. The molecule has 0 spiro atoms. The Balaban J connectivity index is 2.29. The zero-order valence-corrected chi connectivity index (χ0v) is 9.29. The van der Waals surface area contributed by atoms with E-state index < -0.39 is 0 Å². The van der Waals surface area contributed by atoms with Crippen molar-refractivity contribution in [2.45, 2.75) is 52.1 Å². The van der Waals surface area contributed by atoms with Gasteiger partial charge in [0.1, 0.15) is 0 Å². The lowest BCUT2D eigenvalue weighted by Gasteiger charge is -2.36. The third-order valence-electron chi connectivity index (χ3n) is 3.04. The molecule has 0 aromatic rings. The Bertz CT molecular complexity index is 145. The van der Waals surface area contributed by atoms with Gasteiger partial charge in [0.2, 0.25) is 0 Å². The van der Waals surface area contributed by atoms with Gasteiger partial charge in [-0.15, -0.1) is 0 Å². The first-order valence-corrected chi connectivity index (χ1v) is 5.59. The van der Waals surface area contributed by atoms with Gasteiger partial charge in [-0.25, -0.2) is 0 Å². The van der Waals surface area contributed by atoms with Crippen molar-refractivity contribution in [3.8, 4) is 0 Å². The van der Waals surface area contributed by atoms with E-state index in [1.54, 1.807) is 0 Å². The van der Waals surface area contributed by atoms with Gasteiger partial charge in [0, 0.05) is 18.6 Å². The molecule has 2 unspecified atom stereocenters. The van der Waals surface area contributed by atoms with Gasteiger partial charge in [-0.1, -0.05) is 13.8 Å². The van der Waals surface area contributed by atoms with Crippen LogP contribution in [0.2, 0.25) is 0 Å². The van der Waals surface area contributed by atoms with Gasteiger partial charge in [-0.3, -0.25) is 4.90 Å². The molecule has 2 heteroatoms. The van der Waals surface area contributed by atoms with Crippen molar-refractivity contribution < 1.29 is 0 Å². The predicted molar refractivity (Wildman–Crippen MR) is 57.7 cm³/mol. The number of piperidine rings is 1. The molecule has 1 aliphatic rings. The second-order valence-electron chi connectivity index (χ2n) is 4.86. The van der Waals surface area contributed by atoms with Crippen molar-refractivity contribution in [2.24, 2.45) is 11.7 Å². The van der Waals surface area contributed by atoms with E-state index in [1.807, 2.05) is 0 Å². The third-order valence-corrected chi connectivity index (χ3v) is 3.04. The summed E-state index contributed by atoms with van der Waals surface area (Å²) in [6.45, 7) is 9.23. The van der Waals surface area contributed by atoms with Gasteiger partial charge in [0.15, 0.2) is 0 Å². The van der Waals surface area contributed by atoms with Crippen molar-refractivity contribution in [3.05, 3.63) is 0 Å². The molecule has 78 valence electrons. The summed E-state index contributed by atoms with van der Waals surface area (Å²) in [5.41, 5.74) is 5.95. The normalized spacial score (nSPS) is 31.2. The fourth-order valence-corrected chi connectivity index (χ4v) is 1.95. The maximum atomic E-state index is 5.95. The molecule has 0 aromatic carbocycles. The largest absolute Gasteiger partial charge is 0.327 e. The lowest BCUT2D eigenvalue weighted by atomic mass is 9.99. The number of likely N-dealkylation sites (tertiary alicyclic amines) is 1. The van der Waals surface area contributed by atoms with Gasteiger partial charge in [0.05, 0.1) is 0 Å². The molecule has 1 saturated heterocycles. The summed E-state index contributed by atoms with van der Waals surface area (Å²) in [5, 5.41) is 0. The monoisotopic (exact) mass is 184 g/mol. The number of hydrogen-bond donors (Lipinski definition) is 1. The maximum absolute atomic E-state index is 5.95. The lowest BCUT2D eigenvalue weighted by Crippen LogP contribution is -2.47. The summed E-state index contributed by atoms with van der Waals surface area (Å²) >= 11 is 0. The topological polar surface area (TPSA) is 29.3 Å². The molecule has 1 fully saturated rings. The molecule has 0 amide bonds. The van der Waals surface area contributed by atoms with Crippen LogP contribution < -0.4 is 5.73 Å². The van der Waals surface area contributed by atoms with Crippen molar-refractivity contribution >= 4 is 0 Å². The minimum atomic E-state index is 0.420. The zero-order valence-electron chi connectivity index (χ0n) is 9.29. The molecular weight excluding hydrogens is 160 g/mol. The van der Waals surface area contributed by atoms with Crippen LogP contribution in [0.1, 0.15) is 40.0 Å². The summed E-state index contributed by atoms with van der Waals surface area (Å²) in [4.78, 5) is 2.55. The standard InChI is InChI=1S/C11H24N2/c1-9(2)6-7-13-8-11(12)5-4-10(13)3/h9-11H,4-8,12H2,1-3H3. The van der Waals surface area contributed by atoms with E-state index in [1.165, 1.54) is 25.8 Å². The first-order valence-electron chi connectivity index (χ1n) is 5.59. The van der Waals surface area contributed by atoms with Crippen LogP contribution in [0.25, 0.3) is 0 Å². The highest BCUT2D eigenvalue weighted by Crippen LogP contribution is 2.16. The number of hydrogen-bond acceptors (Lipinski definition) is 2. The van der Waals surface area contributed by atoms with Gasteiger partial charge in [-0.2, -0.15) is 0 Å². The number of nitrogens with two attached hydrogens (primary N) is 1. The third kappa shape index (κ3) is 3.65. The Morgan fingerprint density at radius 3 is 2.69 bits per heavy atom. The van der Waals surface area contributed by atoms with Crippen LogP contribution in [0.4, 0.5) is 0 Å². The Kier molecular flexibility index (Phi) is 4.20. The quantitative estimate of drug-likeness (QED) is 0.725. The minimum absolute atomic E-state index is 0.420. The Hall–Kier alpha value is -0.0800. The van der Waals surface area contributed by atoms with Crippen molar-refractivity contribution in [1.29, 1.82) is 0 Å². The Labute approximate surface area is 82.5 Å². The van der Waals surface area contributed by atoms with Crippen molar-refractivity contribution in [1.82, 2.24) is 4.90 Å². The first kappa shape index (κ1) is 11.0. The fourth-order valence-electron chi connectivity index (χ4n) is 1.95. The molecule has 0 aliphatic carbocycles. The molecule has 0 radical (unpaired) electrons. The van der Waals surface area contributed by atoms with E-state index in [0.717, 1.165) is 18.5 Å². The SMILES string of the molecule is CC(C)CCN1CC(N)CCC1C. The highest BCUT2D eigenvalue weighted by atomic mass is 15.2. The summed E-state index contributed by atoms with van der Waals surface area (Å²) in [7, 11) is 0. The van der Waals surface area contributed by atoms with Crippen LogP contribution in [0.15, 0.2) is 0 Å². The van der Waals surface area contributed by atoms with Gasteiger partial charge in [-0.05, 0) is 38.6 Å². The molecular formula is C11H24N2. The van der Waals surface area contributed by atoms with Crippen molar-refractivity contribution in [3.63, 3.8) is 0 Å². The lowest BCUT2D eigenvalue weighted by molar-refractivity contribution is 0.139. The summed E-state index contributed by atoms with van der Waals surface area (Å²) in [6.07, 6.45) is 3.79. The molecule has 1 aliphatic heterocycles. The van der Waals surface area contributed by atoms with E-state index in [2.05, 4.69) is 25.7 Å². The molecule has 2 atom stereocenters. The summed E-state index contributed by atoms with van der Waals surface area (Å²) in [5.74, 6) is 0.811. The van der Waals surface area contributed by atoms with Crippen LogP contribution in [-0.2, 0) is 0 Å². The minimum Gasteiger partial charge on any atom is -0.327 e. The number of rotatable bonds is 3. The van der Waals surface area contributed by atoms with Crippen LogP contribution in [-0.4, -0.2) is 30.1 Å². The van der Waals surface area contributed by atoms with Gasteiger partial charge >= 0.3 is 0 Å². The number of nitrogens with zero attached hydrogens (tertiary/aromatic N) is 1. The second kappa shape index (κ2) is 4.97. The van der Waals surface area contributed by atoms with Crippen LogP contribution >= 0.6 is 0 Å². The smallest absolute Gasteiger partial charge is 0.0168 e. The molecule has 13 heavy (non-hydrogen) atoms. The molecule has 0 aromatic heterocycles. The van der Waals surface area contributed by atoms with Crippen LogP contribution in [0.5, 0.6) is 0 Å². The zero-order chi connectivity index (χ0) is 9.84. The summed E-state index contributed by atoms with van der Waals surface area (Å²) in [6, 6.07) is 1.17. The summed E-state index contributed by atoms with van der Waals surface area (Å²) < 4.78 is 0. The van der Waals surface area contributed by atoms with E-state index in [4.69, 9.17) is 5.73 Å². The highest BCUT2D eigenvalue weighted by Gasteiger charge is 2.22. The molecule has 2 nitrogen and oxygen atoms in total. The fraction of sp³-hybridized carbons (Fsp3) is 1.00. The van der Waals surface area contributed by atoms with Gasteiger partial charge in [0.25, 0.3) is 0 Å².